The van der Waals surface area contributed by atoms with E-state index in [1.807, 2.05) is 0 Å². The fraction of sp³-hybridized carbons (Fsp3) is 1.00. The van der Waals surface area contributed by atoms with E-state index in [2.05, 4.69) is 12.2 Å². The van der Waals surface area contributed by atoms with E-state index < -0.39 is 0 Å². The molecule has 2 heterocycles. The number of nitrogens with one attached hydrogen (secondary N) is 1. The summed E-state index contributed by atoms with van der Waals surface area (Å²) in [6.07, 6.45) is 8.60. The molecule has 0 aromatic rings. The predicted octanol–water partition coefficient (Wildman–Crippen LogP) is 2.58. The van der Waals surface area contributed by atoms with Gasteiger partial charge in [0.1, 0.15) is 0 Å². The SMILES string of the molecule is CC1CCNCC1CCCC1CCCO1. The van der Waals surface area contributed by atoms with E-state index in [1.165, 1.54) is 51.6 Å². The van der Waals surface area contributed by atoms with Gasteiger partial charge < -0.3 is 10.1 Å². The maximum Gasteiger partial charge on any atom is 0.0576 e. The van der Waals surface area contributed by atoms with Crippen LogP contribution in [-0.4, -0.2) is 25.8 Å². The summed E-state index contributed by atoms with van der Waals surface area (Å²) >= 11 is 0. The van der Waals surface area contributed by atoms with Crippen LogP contribution in [0.25, 0.3) is 0 Å². The Hall–Kier alpha value is -0.0800. The first-order valence-electron chi connectivity index (χ1n) is 6.68. The summed E-state index contributed by atoms with van der Waals surface area (Å²) in [4.78, 5) is 0. The predicted molar refractivity (Wildman–Crippen MR) is 63.0 cm³/mol. The number of ether oxygens (including phenoxy) is 1. The van der Waals surface area contributed by atoms with Crippen LogP contribution in [0.4, 0.5) is 0 Å². The zero-order chi connectivity index (χ0) is 10.5. The normalized spacial score (nSPS) is 37.0. The highest BCUT2D eigenvalue weighted by Gasteiger charge is 2.21. The van der Waals surface area contributed by atoms with Crippen molar-refractivity contribution in [1.82, 2.24) is 5.32 Å². The van der Waals surface area contributed by atoms with Gasteiger partial charge in [0.05, 0.1) is 6.10 Å². The minimum atomic E-state index is 0.594. The smallest absolute Gasteiger partial charge is 0.0576 e. The lowest BCUT2D eigenvalue weighted by molar-refractivity contribution is 0.0989. The van der Waals surface area contributed by atoms with Crippen LogP contribution in [-0.2, 0) is 4.74 Å². The molecule has 0 bridgehead atoms. The van der Waals surface area contributed by atoms with Gasteiger partial charge in [-0.05, 0) is 57.0 Å². The molecule has 2 rings (SSSR count). The van der Waals surface area contributed by atoms with Crippen LogP contribution in [0.1, 0.15) is 45.4 Å². The van der Waals surface area contributed by atoms with E-state index in [1.54, 1.807) is 0 Å². The average molecular weight is 211 g/mol. The summed E-state index contributed by atoms with van der Waals surface area (Å²) < 4.78 is 5.65. The van der Waals surface area contributed by atoms with Crippen LogP contribution < -0.4 is 5.32 Å². The third-order valence-corrected chi connectivity index (χ3v) is 4.11. The molecule has 2 saturated heterocycles. The second-order valence-electron chi connectivity index (χ2n) is 5.30. The van der Waals surface area contributed by atoms with E-state index in [0.717, 1.165) is 18.4 Å². The first-order chi connectivity index (χ1) is 7.36. The zero-order valence-electron chi connectivity index (χ0n) is 10.0. The first kappa shape index (κ1) is 11.4. The molecule has 2 fully saturated rings. The Morgan fingerprint density at radius 1 is 1.27 bits per heavy atom. The quantitative estimate of drug-likeness (QED) is 0.771. The van der Waals surface area contributed by atoms with Crippen LogP contribution in [0, 0.1) is 11.8 Å². The first-order valence-corrected chi connectivity index (χ1v) is 6.68. The van der Waals surface area contributed by atoms with Gasteiger partial charge in [0, 0.05) is 6.61 Å². The summed E-state index contributed by atoms with van der Waals surface area (Å²) in [5.74, 6) is 1.84. The highest BCUT2D eigenvalue weighted by atomic mass is 16.5. The van der Waals surface area contributed by atoms with Crippen molar-refractivity contribution < 1.29 is 4.74 Å². The molecule has 2 nitrogen and oxygen atoms in total. The second kappa shape index (κ2) is 5.86. The molecule has 88 valence electrons. The van der Waals surface area contributed by atoms with Crippen molar-refractivity contribution in [1.29, 1.82) is 0 Å². The van der Waals surface area contributed by atoms with Gasteiger partial charge in [-0.25, -0.2) is 0 Å². The molecule has 2 heteroatoms. The highest BCUT2D eigenvalue weighted by molar-refractivity contribution is 4.76. The van der Waals surface area contributed by atoms with E-state index in [4.69, 9.17) is 4.74 Å². The Morgan fingerprint density at radius 3 is 2.93 bits per heavy atom. The van der Waals surface area contributed by atoms with Gasteiger partial charge in [0.15, 0.2) is 0 Å². The molecule has 1 N–H and O–H groups in total. The molecular formula is C13H25NO. The zero-order valence-corrected chi connectivity index (χ0v) is 10.0. The minimum absolute atomic E-state index is 0.594. The molecule has 15 heavy (non-hydrogen) atoms. The maximum atomic E-state index is 5.65. The maximum absolute atomic E-state index is 5.65. The van der Waals surface area contributed by atoms with Gasteiger partial charge in [-0.1, -0.05) is 13.3 Å². The Labute approximate surface area is 93.8 Å². The number of hydrogen-bond donors (Lipinski definition) is 1. The van der Waals surface area contributed by atoms with Gasteiger partial charge in [-0.15, -0.1) is 0 Å². The average Bonchev–Trinajstić information content (AvgIpc) is 2.74. The van der Waals surface area contributed by atoms with Crippen LogP contribution in [0.3, 0.4) is 0 Å². The fourth-order valence-electron chi connectivity index (χ4n) is 2.92. The molecule has 3 unspecified atom stereocenters. The van der Waals surface area contributed by atoms with Gasteiger partial charge in [-0.2, -0.15) is 0 Å². The molecule has 2 aliphatic heterocycles. The van der Waals surface area contributed by atoms with Crippen molar-refractivity contribution in [2.75, 3.05) is 19.7 Å². The summed E-state index contributed by atoms with van der Waals surface area (Å²) in [6, 6.07) is 0. The minimum Gasteiger partial charge on any atom is -0.378 e. The summed E-state index contributed by atoms with van der Waals surface area (Å²) in [6.45, 7) is 5.89. The van der Waals surface area contributed by atoms with Crippen molar-refractivity contribution in [3.8, 4) is 0 Å². The van der Waals surface area contributed by atoms with Crippen molar-refractivity contribution >= 4 is 0 Å². The molecule has 3 atom stereocenters. The Balaban J connectivity index is 1.59. The number of rotatable bonds is 4. The van der Waals surface area contributed by atoms with Crippen LogP contribution in [0.2, 0.25) is 0 Å². The van der Waals surface area contributed by atoms with Crippen molar-refractivity contribution in [3.63, 3.8) is 0 Å². The topological polar surface area (TPSA) is 21.3 Å². The van der Waals surface area contributed by atoms with E-state index in [0.29, 0.717) is 6.10 Å². The largest absolute Gasteiger partial charge is 0.378 e. The van der Waals surface area contributed by atoms with Gasteiger partial charge >= 0.3 is 0 Å². The van der Waals surface area contributed by atoms with Crippen molar-refractivity contribution in [2.24, 2.45) is 11.8 Å². The molecule has 0 saturated carbocycles. The lowest BCUT2D eigenvalue weighted by Gasteiger charge is -2.29. The van der Waals surface area contributed by atoms with E-state index >= 15 is 0 Å². The number of hydrogen-bond acceptors (Lipinski definition) is 2. The molecule has 0 aromatic heterocycles. The van der Waals surface area contributed by atoms with Gasteiger partial charge in [0.25, 0.3) is 0 Å². The Bertz CT molecular complexity index is 177. The van der Waals surface area contributed by atoms with Crippen LogP contribution in [0.5, 0.6) is 0 Å². The molecule has 0 aliphatic carbocycles. The third kappa shape index (κ3) is 3.46. The number of piperidine rings is 1. The van der Waals surface area contributed by atoms with Crippen LogP contribution >= 0.6 is 0 Å². The molecule has 0 amide bonds. The van der Waals surface area contributed by atoms with Crippen molar-refractivity contribution in [2.45, 2.75) is 51.6 Å². The Morgan fingerprint density at radius 2 is 2.20 bits per heavy atom. The summed E-state index contributed by atoms with van der Waals surface area (Å²) in [7, 11) is 0. The third-order valence-electron chi connectivity index (χ3n) is 4.11. The van der Waals surface area contributed by atoms with Crippen molar-refractivity contribution in [3.05, 3.63) is 0 Å². The highest BCUT2D eigenvalue weighted by Crippen LogP contribution is 2.25. The molecular weight excluding hydrogens is 186 g/mol. The van der Waals surface area contributed by atoms with E-state index in [-0.39, 0.29) is 0 Å². The lowest BCUT2D eigenvalue weighted by atomic mass is 9.84. The summed E-state index contributed by atoms with van der Waals surface area (Å²) in [5.41, 5.74) is 0. The monoisotopic (exact) mass is 211 g/mol. The lowest BCUT2D eigenvalue weighted by Crippen LogP contribution is -2.35. The molecule has 0 aromatic carbocycles. The fourth-order valence-corrected chi connectivity index (χ4v) is 2.92. The summed E-state index contributed by atoms with van der Waals surface area (Å²) in [5, 5.41) is 3.51. The molecule has 0 spiro atoms. The molecule has 0 radical (unpaired) electrons. The molecule has 2 aliphatic rings. The van der Waals surface area contributed by atoms with Gasteiger partial charge in [-0.3, -0.25) is 0 Å². The second-order valence-corrected chi connectivity index (χ2v) is 5.30. The van der Waals surface area contributed by atoms with Gasteiger partial charge in [0.2, 0.25) is 0 Å². The van der Waals surface area contributed by atoms with Crippen LogP contribution in [0.15, 0.2) is 0 Å². The van der Waals surface area contributed by atoms with E-state index in [9.17, 15) is 0 Å². The Kier molecular flexibility index (Phi) is 4.45. The standard InChI is InChI=1S/C13H25NO/c1-11-7-8-14-10-12(11)4-2-5-13-6-3-9-15-13/h11-14H,2-10H2,1H3.